The highest BCUT2D eigenvalue weighted by atomic mass is 16.5. The van der Waals surface area contributed by atoms with E-state index >= 15 is 0 Å². The van der Waals surface area contributed by atoms with Crippen LogP contribution in [0.2, 0.25) is 0 Å². The van der Waals surface area contributed by atoms with E-state index in [4.69, 9.17) is 9.47 Å². The van der Waals surface area contributed by atoms with Crippen LogP contribution in [-0.4, -0.2) is 38.9 Å². The molecule has 0 aromatic heterocycles. The number of carbonyl (C=O) groups excluding carboxylic acids is 1. The first kappa shape index (κ1) is 19.0. The average Bonchev–Trinajstić information content (AvgIpc) is 2.70. The van der Waals surface area contributed by atoms with Gasteiger partial charge >= 0.3 is 6.03 Å². The number of hydrogen-bond acceptors (Lipinski definition) is 4. The fourth-order valence-electron chi connectivity index (χ4n) is 3.03. The van der Waals surface area contributed by atoms with E-state index in [1.165, 1.54) is 5.69 Å². The van der Waals surface area contributed by atoms with Gasteiger partial charge in [-0.3, -0.25) is 0 Å². The molecule has 2 aromatic carbocycles. The Labute approximate surface area is 160 Å². The molecule has 27 heavy (non-hydrogen) atoms. The molecule has 3 rings (SSSR count). The lowest BCUT2D eigenvalue weighted by Crippen LogP contribution is -2.36. The summed E-state index contributed by atoms with van der Waals surface area (Å²) in [6.07, 6.45) is 0. The van der Waals surface area contributed by atoms with Crippen LogP contribution in [-0.2, 0) is 11.3 Å². The largest absolute Gasteiger partial charge is 0.494 e. The molecule has 0 aliphatic carbocycles. The molecule has 1 aliphatic heterocycles. The predicted molar refractivity (Wildman–Crippen MR) is 108 cm³/mol. The lowest BCUT2D eigenvalue weighted by Gasteiger charge is -2.28. The Bertz CT molecular complexity index is 756. The molecule has 1 saturated heterocycles. The Morgan fingerprint density at radius 1 is 1.15 bits per heavy atom. The van der Waals surface area contributed by atoms with Gasteiger partial charge in [-0.15, -0.1) is 0 Å². The van der Waals surface area contributed by atoms with Crippen molar-refractivity contribution in [1.29, 1.82) is 0 Å². The number of anilines is 2. The van der Waals surface area contributed by atoms with Crippen LogP contribution in [0, 0.1) is 6.92 Å². The molecule has 0 atom stereocenters. The average molecular weight is 369 g/mol. The van der Waals surface area contributed by atoms with Crippen molar-refractivity contribution in [3.8, 4) is 5.75 Å². The van der Waals surface area contributed by atoms with Crippen LogP contribution in [0.4, 0.5) is 16.2 Å². The molecule has 144 valence electrons. The first-order valence-corrected chi connectivity index (χ1v) is 9.35. The normalized spacial score (nSPS) is 13.9. The third-order valence-electron chi connectivity index (χ3n) is 4.52. The quantitative estimate of drug-likeness (QED) is 0.817. The van der Waals surface area contributed by atoms with Crippen molar-refractivity contribution < 1.29 is 14.3 Å². The topological polar surface area (TPSA) is 62.8 Å². The summed E-state index contributed by atoms with van der Waals surface area (Å²) >= 11 is 0. The molecule has 0 bridgehead atoms. The molecule has 2 aromatic rings. The summed E-state index contributed by atoms with van der Waals surface area (Å²) < 4.78 is 10.8. The molecule has 0 saturated carbocycles. The van der Waals surface area contributed by atoms with Crippen molar-refractivity contribution in [2.24, 2.45) is 0 Å². The predicted octanol–water partition coefficient (Wildman–Crippen LogP) is 3.55. The van der Waals surface area contributed by atoms with E-state index in [2.05, 4.69) is 27.7 Å². The van der Waals surface area contributed by atoms with E-state index in [-0.39, 0.29) is 6.03 Å². The zero-order chi connectivity index (χ0) is 19.1. The summed E-state index contributed by atoms with van der Waals surface area (Å²) in [4.78, 5) is 14.5. The fourth-order valence-corrected chi connectivity index (χ4v) is 3.03. The van der Waals surface area contributed by atoms with Crippen LogP contribution in [0.3, 0.4) is 0 Å². The lowest BCUT2D eigenvalue weighted by atomic mass is 10.2. The standard InChI is InChI=1S/C21H27N3O3/c1-3-27-19-8-9-20(16(2)14-19)23-21(25)22-15-17-4-6-18(7-5-17)24-10-12-26-13-11-24/h4-9,14H,3,10-13,15H2,1-2H3,(H2,22,23,25). The SMILES string of the molecule is CCOc1ccc(NC(=O)NCc2ccc(N3CCOCC3)cc2)c(C)c1. The van der Waals surface area contributed by atoms with Gasteiger partial charge in [-0.25, -0.2) is 4.79 Å². The van der Waals surface area contributed by atoms with Gasteiger partial charge in [-0.1, -0.05) is 12.1 Å². The van der Waals surface area contributed by atoms with Crippen LogP contribution in [0.5, 0.6) is 5.75 Å². The van der Waals surface area contributed by atoms with Gasteiger partial charge in [0.25, 0.3) is 0 Å². The Morgan fingerprint density at radius 2 is 1.89 bits per heavy atom. The van der Waals surface area contributed by atoms with E-state index in [1.54, 1.807) is 0 Å². The molecule has 1 heterocycles. The molecule has 0 unspecified atom stereocenters. The van der Waals surface area contributed by atoms with Crippen LogP contribution in [0.25, 0.3) is 0 Å². The molecule has 1 fully saturated rings. The van der Waals surface area contributed by atoms with Crippen molar-refractivity contribution in [2.75, 3.05) is 43.1 Å². The summed E-state index contributed by atoms with van der Waals surface area (Å²) in [5, 5.41) is 5.78. The van der Waals surface area contributed by atoms with E-state index in [1.807, 2.05) is 44.2 Å². The second kappa shape index (κ2) is 9.28. The molecule has 2 amide bonds. The van der Waals surface area contributed by atoms with E-state index < -0.39 is 0 Å². The minimum absolute atomic E-state index is 0.223. The molecule has 6 nitrogen and oxygen atoms in total. The van der Waals surface area contributed by atoms with Gasteiger partial charge in [0.1, 0.15) is 5.75 Å². The maximum atomic E-state index is 12.2. The van der Waals surface area contributed by atoms with Crippen LogP contribution < -0.4 is 20.3 Å². The fraction of sp³-hybridized carbons (Fsp3) is 0.381. The molecule has 0 spiro atoms. The van der Waals surface area contributed by atoms with Gasteiger partial charge in [0.2, 0.25) is 0 Å². The summed E-state index contributed by atoms with van der Waals surface area (Å²) in [5.41, 5.74) is 3.99. The first-order valence-electron chi connectivity index (χ1n) is 9.35. The Morgan fingerprint density at radius 3 is 2.56 bits per heavy atom. The number of nitrogens with zero attached hydrogens (tertiary/aromatic N) is 1. The lowest BCUT2D eigenvalue weighted by molar-refractivity contribution is 0.122. The molecule has 0 radical (unpaired) electrons. The summed E-state index contributed by atoms with van der Waals surface area (Å²) in [5.74, 6) is 0.807. The Kier molecular flexibility index (Phi) is 6.54. The summed E-state index contributed by atoms with van der Waals surface area (Å²) in [6, 6.07) is 13.7. The van der Waals surface area contributed by atoms with Crippen molar-refractivity contribution >= 4 is 17.4 Å². The van der Waals surface area contributed by atoms with Crippen LogP contribution in [0.15, 0.2) is 42.5 Å². The monoisotopic (exact) mass is 369 g/mol. The highest BCUT2D eigenvalue weighted by molar-refractivity contribution is 5.90. The van der Waals surface area contributed by atoms with Crippen molar-refractivity contribution in [3.05, 3.63) is 53.6 Å². The smallest absolute Gasteiger partial charge is 0.319 e. The van der Waals surface area contributed by atoms with Crippen molar-refractivity contribution in [3.63, 3.8) is 0 Å². The Hall–Kier alpha value is -2.73. The molecule has 1 aliphatic rings. The molecular weight excluding hydrogens is 342 g/mol. The van der Waals surface area contributed by atoms with Crippen molar-refractivity contribution in [1.82, 2.24) is 5.32 Å². The first-order chi connectivity index (χ1) is 13.2. The number of hydrogen-bond donors (Lipinski definition) is 2. The van der Waals surface area contributed by atoms with E-state index in [0.717, 1.165) is 48.9 Å². The van der Waals surface area contributed by atoms with Gasteiger partial charge in [0.15, 0.2) is 0 Å². The molecular formula is C21H27N3O3. The zero-order valence-corrected chi connectivity index (χ0v) is 16.0. The zero-order valence-electron chi connectivity index (χ0n) is 16.0. The third kappa shape index (κ3) is 5.37. The number of amides is 2. The number of urea groups is 1. The van der Waals surface area contributed by atoms with Gasteiger partial charge in [-0.05, 0) is 55.3 Å². The van der Waals surface area contributed by atoms with Crippen LogP contribution >= 0.6 is 0 Å². The highest BCUT2D eigenvalue weighted by Crippen LogP contribution is 2.21. The van der Waals surface area contributed by atoms with E-state index in [0.29, 0.717) is 13.2 Å². The summed E-state index contributed by atoms with van der Waals surface area (Å²) in [6.45, 7) is 8.37. The maximum Gasteiger partial charge on any atom is 0.319 e. The number of morpholine rings is 1. The maximum absolute atomic E-state index is 12.2. The summed E-state index contributed by atoms with van der Waals surface area (Å²) in [7, 11) is 0. The molecule has 6 heteroatoms. The minimum Gasteiger partial charge on any atom is -0.494 e. The van der Waals surface area contributed by atoms with Gasteiger partial charge < -0.3 is 25.0 Å². The number of aryl methyl sites for hydroxylation is 1. The molecule has 2 N–H and O–H groups in total. The van der Waals surface area contributed by atoms with Crippen LogP contribution in [0.1, 0.15) is 18.1 Å². The number of rotatable bonds is 6. The van der Waals surface area contributed by atoms with Gasteiger partial charge in [0.05, 0.1) is 19.8 Å². The second-order valence-corrected chi connectivity index (χ2v) is 6.48. The minimum atomic E-state index is -0.223. The second-order valence-electron chi connectivity index (χ2n) is 6.48. The Balaban J connectivity index is 1.50. The highest BCUT2D eigenvalue weighted by Gasteiger charge is 2.11. The number of nitrogens with one attached hydrogen (secondary N) is 2. The number of ether oxygens (including phenoxy) is 2. The van der Waals surface area contributed by atoms with E-state index in [9.17, 15) is 4.79 Å². The van der Waals surface area contributed by atoms with Gasteiger partial charge in [-0.2, -0.15) is 0 Å². The third-order valence-corrected chi connectivity index (χ3v) is 4.52. The van der Waals surface area contributed by atoms with Crippen molar-refractivity contribution in [2.45, 2.75) is 20.4 Å². The number of carbonyl (C=O) groups is 1. The number of benzene rings is 2. The van der Waals surface area contributed by atoms with Gasteiger partial charge in [0, 0.05) is 31.0 Å².